The molecule has 0 saturated heterocycles. The average Bonchev–Trinajstić information content (AvgIpc) is 2.29. The van der Waals surface area contributed by atoms with E-state index in [9.17, 15) is 14.3 Å². The Hall–Kier alpha value is -1.64. The molecule has 90 valence electrons. The van der Waals surface area contributed by atoms with E-state index in [2.05, 4.69) is 0 Å². The highest BCUT2D eigenvalue weighted by atomic mass is 19.1. The van der Waals surface area contributed by atoms with Crippen molar-refractivity contribution in [2.24, 2.45) is 5.92 Å². The number of halogens is 1. The lowest BCUT2D eigenvalue weighted by Gasteiger charge is -2.28. The molecule has 0 aliphatic heterocycles. The zero-order valence-corrected chi connectivity index (χ0v) is 9.69. The monoisotopic (exact) mass is 234 g/mol. The number of allylic oxidation sites excluding steroid dienone is 2. The van der Waals surface area contributed by atoms with Crippen LogP contribution in [0.5, 0.6) is 0 Å². The predicted octanol–water partition coefficient (Wildman–Crippen LogP) is 3.35. The number of aliphatic carboxylic acids is 1. The summed E-state index contributed by atoms with van der Waals surface area (Å²) in [6, 6.07) is 6.16. The Bertz CT molecular complexity index is 448. The van der Waals surface area contributed by atoms with Crippen LogP contribution in [-0.2, 0) is 4.79 Å². The molecule has 1 aliphatic rings. The van der Waals surface area contributed by atoms with E-state index in [1.54, 1.807) is 12.1 Å². The van der Waals surface area contributed by atoms with E-state index in [0.717, 1.165) is 12.0 Å². The van der Waals surface area contributed by atoms with E-state index in [1.165, 1.54) is 17.7 Å². The fraction of sp³-hybridized carbons (Fsp3) is 0.357. The number of hydrogen-bond acceptors (Lipinski definition) is 1. The van der Waals surface area contributed by atoms with Gasteiger partial charge in [0.25, 0.3) is 0 Å². The van der Waals surface area contributed by atoms with E-state index in [1.807, 2.05) is 13.0 Å². The van der Waals surface area contributed by atoms with Gasteiger partial charge >= 0.3 is 5.97 Å². The van der Waals surface area contributed by atoms with Crippen LogP contribution < -0.4 is 0 Å². The van der Waals surface area contributed by atoms with Crippen LogP contribution in [0, 0.1) is 11.7 Å². The maximum absolute atomic E-state index is 12.9. The summed E-state index contributed by atoms with van der Waals surface area (Å²) in [7, 11) is 0. The molecule has 1 N–H and O–H groups in total. The van der Waals surface area contributed by atoms with Crippen LogP contribution in [0.25, 0.3) is 0 Å². The van der Waals surface area contributed by atoms with Crippen LogP contribution in [-0.4, -0.2) is 11.1 Å². The average molecular weight is 234 g/mol. The number of carboxylic acid groups (broad SMARTS) is 1. The quantitative estimate of drug-likeness (QED) is 0.797. The zero-order chi connectivity index (χ0) is 12.4. The molecule has 1 aromatic rings. The molecule has 0 spiro atoms. The Labute approximate surface area is 99.8 Å². The van der Waals surface area contributed by atoms with Gasteiger partial charge in [-0.25, -0.2) is 4.39 Å². The minimum absolute atomic E-state index is 0.0434. The molecule has 0 bridgehead atoms. The second-order valence-corrected chi connectivity index (χ2v) is 4.59. The standard InChI is InChI=1S/C14H15FO2/c1-9-2-7-12(14(16)17)13(8-9)10-3-5-11(15)6-4-10/h2-6,12-13H,7-8H2,1H3,(H,16,17). The third-order valence-corrected chi connectivity index (χ3v) is 3.36. The first-order valence-corrected chi connectivity index (χ1v) is 5.72. The van der Waals surface area contributed by atoms with Crippen LogP contribution >= 0.6 is 0 Å². The molecule has 0 fully saturated rings. The topological polar surface area (TPSA) is 37.3 Å². The van der Waals surface area contributed by atoms with Crippen LogP contribution in [0.2, 0.25) is 0 Å². The molecule has 1 aromatic carbocycles. The number of carboxylic acids is 1. The molecule has 1 aliphatic carbocycles. The second kappa shape index (κ2) is 4.70. The van der Waals surface area contributed by atoms with Crippen molar-refractivity contribution < 1.29 is 14.3 Å². The Kier molecular flexibility index (Phi) is 3.27. The Balaban J connectivity index is 2.31. The fourth-order valence-electron chi connectivity index (χ4n) is 2.40. The number of benzene rings is 1. The van der Waals surface area contributed by atoms with Crippen molar-refractivity contribution >= 4 is 5.97 Å². The third kappa shape index (κ3) is 2.54. The van der Waals surface area contributed by atoms with Gasteiger partial charge in [-0.15, -0.1) is 0 Å². The molecular formula is C14H15FO2. The second-order valence-electron chi connectivity index (χ2n) is 4.59. The van der Waals surface area contributed by atoms with Gasteiger partial charge in [0, 0.05) is 5.92 Å². The van der Waals surface area contributed by atoms with Crippen molar-refractivity contribution in [3.8, 4) is 0 Å². The Morgan fingerprint density at radius 1 is 1.35 bits per heavy atom. The van der Waals surface area contributed by atoms with Crippen LogP contribution in [0.1, 0.15) is 31.2 Å². The van der Waals surface area contributed by atoms with Crippen molar-refractivity contribution in [2.45, 2.75) is 25.7 Å². The summed E-state index contributed by atoms with van der Waals surface area (Å²) in [6.07, 6.45) is 3.28. The summed E-state index contributed by atoms with van der Waals surface area (Å²) in [5.41, 5.74) is 2.11. The SMILES string of the molecule is CC1=CCC(C(=O)O)C(c2ccc(F)cc2)C1. The molecule has 0 radical (unpaired) electrons. The van der Waals surface area contributed by atoms with Crippen molar-refractivity contribution in [3.05, 3.63) is 47.3 Å². The minimum atomic E-state index is -0.775. The lowest BCUT2D eigenvalue weighted by atomic mass is 9.76. The van der Waals surface area contributed by atoms with Gasteiger partial charge in [-0.2, -0.15) is 0 Å². The highest BCUT2D eigenvalue weighted by Gasteiger charge is 2.31. The molecule has 17 heavy (non-hydrogen) atoms. The first kappa shape index (κ1) is 11.8. The van der Waals surface area contributed by atoms with Gasteiger partial charge in [0.1, 0.15) is 5.82 Å². The first-order chi connectivity index (χ1) is 8.08. The highest BCUT2D eigenvalue weighted by Crippen LogP contribution is 2.37. The Morgan fingerprint density at radius 3 is 2.59 bits per heavy atom. The van der Waals surface area contributed by atoms with Crippen LogP contribution in [0.15, 0.2) is 35.9 Å². The van der Waals surface area contributed by atoms with Gasteiger partial charge in [0.15, 0.2) is 0 Å². The summed E-state index contributed by atoms with van der Waals surface area (Å²) >= 11 is 0. The Morgan fingerprint density at radius 2 is 2.00 bits per heavy atom. The molecule has 2 atom stereocenters. The van der Waals surface area contributed by atoms with Crippen LogP contribution in [0.4, 0.5) is 4.39 Å². The van der Waals surface area contributed by atoms with Crippen molar-refractivity contribution in [2.75, 3.05) is 0 Å². The van der Waals surface area contributed by atoms with Gasteiger partial charge in [-0.05, 0) is 37.5 Å². The van der Waals surface area contributed by atoms with Gasteiger partial charge in [-0.3, -0.25) is 4.79 Å². The van der Waals surface area contributed by atoms with Crippen molar-refractivity contribution in [1.82, 2.24) is 0 Å². The minimum Gasteiger partial charge on any atom is -0.481 e. The maximum atomic E-state index is 12.9. The molecule has 0 heterocycles. The summed E-state index contributed by atoms with van der Waals surface area (Å²) in [5.74, 6) is -1.51. The maximum Gasteiger partial charge on any atom is 0.307 e. The summed E-state index contributed by atoms with van der Waals surface area (Å²) in [4.78, 5) is 11.2. The number of rotatable bonds is 2. The molecule has 0 saturated carbocycles. The van der Waals surface area contributed by atoms with Crippen molar-refractivity contribution in [1.29, 1.82) is 0 Å². The summed E-state index contributed by atoms with van der Waals surface area (Å²) in [6.45, 7) is 2.01. The summed E-state index contributed by atoms with van der Waals surface area (Å²) < 4.78 is 12.9. The van der Waals surface area contributed by atoms with E-state index in [0.29, 0.717) is 6.42 Å². The molecule has 2 rings (SSSR count). The fourth-order valence-corrected chi connectivity index (χ4v) is 2.40. The van der Waals surface area contributed by atoms with Crippen molar-refractivity contribution in [3.63, 3.8) is 0 Å². The van der Waals surface area contributed by atoms with Gasteiger partial charge in [-0.1, -0.05) is 23.8 Å². The molecule has 2 nitrogen and oxygen atoms in total. The largest absolute Gasteiger partial charge is 0.481 e. The highest BCUT2D eigenvalue weighted by molar-refractivity contribution is 5.72. The van der Waals surface area contributed by atoms with Crippen LogP contribution in [0.3, 0.4) is 0 Å². The third-order valence-electron chi connectivity index (χ3n) is 3.36. The summed E-state index contributed by atoms with van der Waals surface area (Å²) in [5, 5.41) is 9.21. The molecule has 3 heteroatoms. The predicted molar refractivity (Wildman–Crippen MR) is 63.3 cm³/mol. The molecule has 0 amide bonds. The number of hydrogen-bond donors (Lipinski definition) is 1. The zero-order valence-electron chi connectivity index (χ0n) is 9.69. The van der Waals surface area contributed by atoms with Gasteiger partial charge in [0.05, 0.1) is 5.92 Å². The normalized spacial score (nSPS) is 24.2. The molecule has 0 aromatic heterocycles. The van der Waals surface area contributed by atoms with Gasteiger partial charge < -0.3 is 5.11 Å². The lowest BCUT2D eigenvalue weighted by Crippen LogP contribution is -2.24. The van der Waals surface area contributed by atoms with Gasteiger partial charge in [0.2, 0.25) is 0 Å². The van der Waals surface area contributed by atoms with E-state index < -0.39 is 11.9 Å². The lowest BCUT2D eigenvalue weighted by molar-refractivity contribution is -0.142. The first-order valence-electron chi connectivity index (χ1n) is 5.72. The van der Waals surface area contributed by atoms with E-state index in [-0.39, 0.29) is 11.7 Å². The molecule has 2 unspecified atom stereocenters. The smallest absolute Gasteiger partial charge is 0.307 e. The number of carbonyl (C=O) groups is 1. The van der Waals surface area contributed by atoms with E-state index >= 15 is 0 Å². The van der Waals surface area contributed by atoms with E-state index in [4.69, 9.17) is 0 Å². The molecular weight excluding hydrogens is 219 g/mol.